The van der Waals surface area contributed by atoms with Crippen molar-refractivity contribution in [3.8, 4) is 5.75 Å². The lowest BCUT2D eigenvalue weighted by molar-refractivity contribution is -0.699. The summed E-state index contributed by atoms with van der Waals surface area (Å²) in [5, 5.41) is 4.93. The second-order valence-electron chi connectivity index (χ2n) is 5.63. The number of furan rings is 1. The molecule has 25 heavy (non-hydrogen) atoms. The van der Waals surface area contributed by atoms with E-state index < -0.39 is 0 Å². The number of rotatable bonds is 7. The first-order valence-electron chi connectivity index (χ1n) is 8.12. The van der Waals surface area contributed by atoms with Crippen LogP contribution in [0, 0.1) is 0 Å². The number of hydrogen-bond acceptors (Lipinski definition) is 3. The van der Waals surface area contributed by atoms with Gasteiger partial charge in [0.05, 0.1) is 13.4 Å². The van der Waals surface area contributed by atoms with Crippen molar-refractivity contribution in [3.63, 3.8) is 0 Å². The summed E-state index contributed by atoms with van der Waals surface area (Å²) in [6.07, 6.45) is 1.64. The zero-order valence-corrected chi connectivity index (χ0v) is 14.0. The first kappa shape index (κ1) is 16.8. The zero-order chi connectivity index (χ0) is 17.5. The fraction of sp³-hybridized carbons (Fsp3) is 0.150. The summed E-state index contributed by atoms with van der Waals surface area (Å²) in [6, 6.07) is 20.4. The number of methoxy groups -OCH3 is 1. The molecule has 3 rings (SSSR count). The van der Waals surface area contributed by atoms with E-state index in [1.165, 1.54) is 0 Å². The molecule has 128 valence electrons. The van der Waals surface area contributed by atoms with Crippen LogP contribution in [0.4, 0.5) is 5.69 Å². The third-order valence-corrected chi connectivity index (χ3v) is 3.91. The summed E-state index contributed by atoms with van der Waals surface area (Å²) in [6.45, 7) is 0.581. The Morgan fingerprint density at radius 3 is 2.68 bits per heavy atom. The van der Waals surface area contributed by atoms with Gasteiger partial charge in [0.25, 0.3) is 5.91 Å². The first-order valence-corrected chi connectivity index (χ1v) is 8.12. The van der Waals surface area contributed by atoms with Gasteiger partial charge in [-0.25, -0.2) is 0 Å². The van der Waals surface area contributed by atoms with Crippen molar-refractivity contribution < 1.29 is 19.3 Å². The van der Waals surface area contributed by atoms with Crippen molar-refractivity contribution in [2.75, 3.05) is 12.4 Å². The van der Waals surface area contributed by atoms with E-state index in [-0.39, 0.29) is 11.9 Å². The third kappa shape index (κ3) is 4.49. The maximum Gasteiger partial charge on any atom is 0.287 e. The van der Waals surface area contributed by atoms with E-state index in [2.05, 4.69) is 5.32 Å². The molecule has 5 heteroatoms. The average molecular weight is 337 g/mol. The van der Waals surface area contributed by atoms with Crippen LogP contribution < -0.4 is 15.4 Å². The monoisotopic (exact) mass is 337 g/mol. The Labute approximate surface area is 146 Å². The van der Waals surface area contributed by atoms with Gasteiger partial charge in [0.2, 0.25) is 0 Å². The summed E-state index contributed by atoms with van der Waals surface area (Å²) < 4.78 is 10.6. The minimum atomic E-state index is -0.377. The van der Waals surface area contributed by atoms with Crippen molar-refractivity contribution >= 4 is 11.6 Å². The van der Waals surface area contributed by atoms with Crippen LogP contribution in [-0.4, -0.2) is 13.0 Å². The van der Waals surface area contributed by atoms with Gasteiger partial charge >= 0.3 is 0 Å². The predicted molar refractivity (Wildman–Crippen MR) is 95.1 cm³/mol. The van der Waals surface area contributed by atoms with Gasteiger partial charge in [-0.05, 0) is 24.3 Å². The number of carbonyl (C=O) groups is 1. The number of benzene rings is 2. The Morgan fingerprint density at radius 1 is 1.12 bits per heavy atom. The molecule has 0 fully saturated rings. The molecule has 2 aromatic carbocycles. The molecule has 0 saturated carbocycles. The van der Waals surface area contributed by atoms with Crippen LogP contribution in [0.25, 0.3) is 0 Å². The van der Waals surface area contributed by atoms with E-state index >= 15 is 0 Å². The molecule has 1 atom stereocenters. The molecule has 1 aromatic heterocycles. The smallest absolute Gasteiger partial charge is 0.287 e. The molecular formula is C20H21N2O3+. The highest BCUT2D eigenvalue weighted by atomic mass is 16.5. The fourth-order valence-corrected chi connectivity index (χ4v) is 2.64. The van der Waals surface area contributed by atoms with E-state index in [1.54, 1.807) is 19.4 Å². The number of ether oxygens (including phenoxy) is 1. The number of nitrogens with one attached hydrogen (secondary N) is 1. The molecular weight excluding hydrogens is 316 g/mol. The Hall–Kier alpha value is -3.05. The molecule has 0 bridgehead atoms. The Morgan fingerprint density at radius 2 is 1.96 bits per heavy atom. The number of hydrogen-bond donors (Lipinski definition) is 2. The van der Waals surface area contributed by atoms with Crippen LogP contribution in [0.15, 0.2) is 77.4 Å². The number of anilines is 1. The summed E-state index contributed by atoms with van der Waals surface area (Å²) in [4.78, 5) is 12.9. The van der Waals surface area contributed by atoms with Crippen LogP contribution in [0.3, 0.4) is 0 Å². The van der Waals surface area contributed by atoms with E-state index in [4.69, 9.17) is 9.15 Å². The van der Waals surface area contributed by atoms with Gasteiger partial charge in [-0.3, -0.25) is 4.79 Å². The summed E-state index contributed by atoms with van der Waals surface area (Å²) >= 11 is 0. The van der Waals surface area contributed by atoms with E-state index in [9.17, 15) is 4.79 Å². The Bertz CT molecular complexity index is 801. The lowest BCUT2D eigenvalue weighted by Crippen LogP contribution is -2.85. The highest BCUT2D eigenvalue weighted by Gasteiger charge is 2.24. The second kappa shape index (κ2) is 8.17. The van der Waals surface area contributed by atoms with E-state index in [0.29, 0.717) is 18.0 Å². The topological polar surface area (TPSA) is 68.1 Å². The van der Waals surface area contributed by atoms with Gasteiger partial charge in [0.1, 0.15) is 12.3 Å². The molecule has 5 nitrogen and oxygen atoms in total. The highest BCUT2D eigenvalue weighted by Crippen LogP contribution is 2.18. The summed E-state index contributed by atoms with van der Waals surface area (Å²) in [7, 11) is 1.60. The molecule has 0 spiro atoms. The van der Waals surface area contributed by atoms with Crippen molar-refractivity contribution in [1.82, 2.24) is 0 Å². The number of amides is 1. The van der Waals surface area contributed by atoms with Crippen molar-refractivity contribution in [2.45, 2.75) is 12.6 Å². The van der Waals surface area contributed by atoms with Gasteiger partial charge in [-0.2, -0.15) is 0 Å². The minimum absolute atomic E-state index is 0.0917. The van der Waals surface area contributed by atoms with Crippen LogP contribution in [0.1, 0.15) is 17.4 Å². The van der Waals surface area contributed by atoms with E-state index in [1.807, 2.05) is 66.0 Å². The molecule has 0 aliphatic heterocycles. The molecule has 0 saturated heterocycles. The lowest BCUT2D eigenvalue weighted by Gasteiger charge is -2.16. The minimum Gasteiger partial charge on any atom is -0.497 e. The van der Waals surface area contributed by atoms with Crippen molar-refractivity contribution in [3.05, 3.63) is 84.3 Å². The lowest BCUT2D eigenvalue weighted by atomic mass is 10.1. The second-order valence-corrected chi connectivity index (χ2v) is 5.63. The third-order valence-electron chi connectivity index (χ3n) is 3.91. The van der Waals surface area contributed by atoms with Crippen LogP contribution >= 0.6 is 0 Å². The first-order chi connectivity index (χ1) is 12.3. The zero-order valence-electron chi connectivity index (χ0n) is 14.0. The maximum absolute atomic E-state index is 12.9. The normalized spacial score (nSPS) is 11.7. The Balaban J connectivity index is 1.76. The van der Waals surface area contributed by atoms with Gasteiger partial charge < -0.3 is 19.8 Å². The molecule has 0 aliphatic rings. The Kier molecular flexibility index (Phi) is 5.49. The molecule has 0 radical (unpaired) electrons. The largest absolute Gasteiger partial charge is 0.497 e. The van der Waals surface area contributed by atoms with Crippen LogP contribution in [0.5, 0.6) is 5.75 Å². The quantitative estimate of drug-likeness (QED) is 0.696. The molecule has 1 heterocycles. The predicted octanol–water partition coefficient (Wildman–Crippen LogP) is 2.73. The molecule has 0 aliphatic carbocycles. The maximum atomic E-state index is 12.9. The number of quaternary nitrogens is 1. The number of nitrogens with two attached hydrogens (primary N) is 1. The van der Waals surface area contributed by atoms with Crippen molar-refractivity contribution in [2.24, 2.45) is 0 Å². The van der Waals surface area contributed by atoms with Gasteiger partial charge in [0.15, 0.2) is 11.8 Å². The average Bonchev–Trinajstić information content (AvgIpc) is 3.16. The van der Waals surface area contributed by atoms with Crippen LogP contribution in [-0.2, 0) is 11.3 Å². The SMILES string of the molecule is COc1cccc(NC(=O)[C@H]([NH2+]Cc2ccco2)c2ccccc2)c1. The van der Waals surface area contributed by atoms with Crippen LogP contribution in [0.2, 0.25) is 0 Å². The molecule has 1 amide bonds. The number of carbonyl (C=O) groups excluding carboxylic acids is 1. The highest BCUT2D eigenvalue weighted by molar-refractivity contribution is 5.94. The standard InChI is InChI=1S/C20H20N2O3/c1-24-17-10-5-9-16(13-17)22-20(23)19(15-7-3-2-4-8-15)21-14-18-11-6-12-25-18/h2-13,19,21H,14H2,1H3,(H,22,23)/p+1/t19-/m1/s1. The fourth-order valence-electron chi connectivity index (χ4n) is 2.64. The van der Waals surface area contributed by atoms with Gasteiger partial charge in [0, 0.05) is 17.3 Å². The van der Waals surface area contributed by atoms with E-state index in [0.717, 1.165) is 11.3 Å². The van der Waals surface area contributed by atoms with Gasteiger partial charge in [-0.15, -0.1) is 0 Å². The molecule has 3 N–H and O–H groups in total. The summed E-state index contributed by atoms with van der Waals surface area (Å²) in [5.41, 5.74) is 1.64. The van der Waals surface area contributed by atoms with Crippen molar-refractivity contribution in [1.29, 1.82) is 0 Å². The summed E-state index contributed by atoms with van der Waals surface area (Å²) in [5.74, 6) is 1.44. The van der Waals surface area contributed by atoms with Gasteiger partial charge in [-0.1, -0.05) is 36.4 Å². The molecule has 0 unspecified atom stereocenters. The molecule has 3 aromatic rings.